The molecule has 0 saturated carbocycles. The summed E-state index contributed by atoms with van der Waals surface area (Å²) in [5.74, 6) is -3.33. The molecule has 0 radical (unpaired) electrons. The summed E-state index contributed by atoms with van der Waals surface area (Å²) in [5.41, 5.74) is -5.40. The van der Waals surface area contributed by atoms with Crippen LogP contribution in [0.4, 0.5) is 0 Å². The first kappa shape index (κ1) is 107. The Morgan fingerprint density at radius 1 is 0.422 bits per heavy atom. The summed E-state index contributed by atoms with van der Waals surface area (Å²) >= 11 is 0. The highest BCUT2D eigenvalue weighted by Crippen LogP contribution is 2.39. The molecular formula is C81H152N8O27. The molecule has 2 saturated heterocycles. The lowest BCUT2D eigenvalue weighted by molar-refractivity contribution is -0.276. The molecule has 12 unspecified atom stereocenters. The topological polar surface area (TPSA) is 507 Å². The lowest BCUT2D eigenvalue weighted by Gasteiger charge is -2.43. The van der Waals surface area contributed by atoms with Gasteiger partial charge in [-0.15, -0.1) is 0 Å². The number of ether oxygens (including phenoxy) is 10. The molecule has 0 aromatic heterocycles. The van der Waals surface area contributed by atoms with Crippen LogP contribution in [-0.2, 0) is 85.7 Å². The minimum absolute atomic E-state index is 0.0156. The van der Waals surface area contributed by atoms with Gasteiger partial charge in [0.15, 0.2) is 18.9 Å². The van der Waals surface area contributed by atoms with Crippen LogP contribution in [0.15, 0.2) is 0 Å². The Balaban J connectivity index is 2.45. The maximum Gasteiger partial charge on any atom is 0.222 e. The third-order valence-corrected chi connectivity index (χ3v) is 19.7. The Kier molecular flexibility index (Phi) is 46.0. The number of aliphatic hydroxyl groups is 9. The average Bonchev–Trinajstić information content (AvgIpc) is 0.806. The van der Waals surface area contributed by atoms with E-state index < -0.39 is 174 Å². The van der Waals surface area contributed by atoms with Gasteiger partial charge in [-0.25, -0.2) is 0 Å². The predicted molar refractivity (Wildman–Crippen MR) is 429 cm³/mol. The first-order valence-corrected chi connectivity index (χ1v) is 40.8. The van der Waals surface area contributed by atoms with Gasteiger partial charge in [0.25, 0.3) is 0 Å². The van der Waals surface area contributed by atoms with Crippen molar-refractivity contribution in [3.63, 3.8) is 0 Å². The normalized spacial score (nSPS) is 22.3. The highest BCUT2D eigenvalue weighted by Gasteiger charge is 2.49. The Bertz CT molecular complexity index is 2850. The molecule has 35 heteroatoms. The number of nitrogens with one attached hydrogen (secondary N) is 8. The molecule has 116 heavy (non-hydrogen) atoms. The second-order valence-corrected chi connectivity index (χ2v) is 38.1. The van der Waals surface area contributed by atoms with Gasteiger partial charge < -0.3 is 136 Å². The van der Waals surface area contributed by atoms with Crippen molar-refractivity contribution < 1.29 is 132 Å². The lowest BCUT2D eigenvalue weighted by atomic mass is 9.75. The van der Waals surface area contributed by atoms with Crippen LogP contribution in [0, 0.1) is 43.3 Å². The van der Waals surface area contributed by atoms with Crippen LogP contribution in [-0.4, -0.2) is 310 Å². The third-order valence-electron chi connectivity index (χ3n) is 19.7. The van der Waals surface area contributed by atoms with Crippen LogP contribution in [0.2, 0.25) is 0 Å². The van der Waals surface area contributed by atoms with Crippen molar-refractivity contribution in [1.82, 2.24) is 42.5 Å². The van der Waals surface area contributed by atoms with Gasteiger partial charge in [0.1, 0.15) is 66.4 Å². The van der Waals surface area contributed by atoms with Gasteiger partial charge in [0.2, 0.25) is 47.3 Å². The SMILES string of the molecule is CCOCC(C)(C)CC(C)(C)CNC(=O)CCCC(=O)NC(COCCC(=O)NCC(C)(C)CC(C)(C)COC1OC(CO)C(O)C(O)C1NC(C)=O)(COCCC(=O)NCC(C)(C)CC(C)(C)COC1OC(CO)C(O)C(O)C1NC(C)=O)COCCC(=O)NCC(C)(C)CC(C)(C)COC(OC(CO)[C@@H](C)O)[C@H](CO)NC(C)=O. The molecule has 0 spiro atoms. The van der Waals surface area contributed by atoms with E-state index in [2.05, 4.69) is 70.2 Å². The number of hydrogen-bond donors (Lipinski definition) is 17. The van der Waals surface area contributed by atoms with Gasteiger partial charge in [-0.05, 0) is 89.3 Å². The summed E-state index contributed by atoms with van der Waals surface area (Å²) < 4.78 is 60.3. The smallest absolute Gasteiger partial charge is 0.222 e. The van der Waals surface area contributed by atoms with E-state index in [0.717, 1.165) is 6.42 Å². The zero-order valence-electron chi connectivity index (χ0n) is 73.5. The van der Waals surface area contributed by atoms with Crippen molar-refractivity contribution in [3.8, 4) is 0 Å². The number of carbonyl (C=O) groups is 8. The fourth-order valence-corrected chi connectivity index (χ4v) is 15.4. The van der Waals surface area contributed by atoms with Crippen molar-refractivity contribution in [2.24, 2.45) is 43.3 Å². The van der Waals surface area contributed by atoms with Gasteiger partial charge in [-0.3, -0.25) is 38.4 Å². The minimum Gasteiger partial charge on any atom is -0.394 e. The summed E-state index contributed by atoms with van der Waals surface area (Å²) in [5, 5.41) is 115. The molecule has 2 aliphatic rings. The molecule has 8 amide bonds. The van der Waals surface area contributed by atoms with E-state index in [0.29, 0.717) is 39.0 Å². The molecule has 678 valence electrons. The number of amides is 8. The van der Waals surface area contributed by atoms with Gasteiger partial charge in [0, 0.05) is 85.7 Å². The molecule has 2 aliphatic heterocycles. The molecule has 2 rings (SSSR count). The lowest BCUT2D eigenvalue weighted by Crippen LogP contribution is -2.64. The number of aliphatic hydroxyl groups excluding tert-OH is 9. The molecule has 0 aliphatic carbocycles. The van der Waals surface area contributed by atoms with Crippen LogP contribution in [0.3, 0.4) is 0 Å². The Morgan fingerprint density at radius 3 is 1.09 bits per heavy atom. The highest BCUT2D eigenvalue weighted by atomic mass is 16.7. The van der Waals surface area contributed by atoms with E-state index in [1.807, 2.05) is 90.0 Å². The molecule has 35 nitrogen and oxygen atoms in total. The molecule has 2 fully saturated rings. The quantitative estimate of drug-likeness (QED) is 0.0299. The van der Waals surface area contributed by atoms with Gasteiger partial charge in [-0.1, -0.05) is 111 Å². The minimum atomic E-state index is -1.54. The zero-order valence-corrected chi connectivity index (χ0v) is 73.5. The van der Waals surface area contributed by atoms with E-state index in [-0.39, 0.29) is 152 Å². The van der Waals surface area contributed by atoms with Crippen molar-refractivity contribution in [1.29, 1.82) is 0 Å². The Morgan fingerprint density at radius 2 is 0.767 bits per heavy atom. The van der Waals surface area contributed by atoms with Gasteiger partial charge in [0.05, 0.1) is 98.6 Å². The second-order valence-electron chi connectivity index (χ2n) is 38.1. The summed E-state index contributed by atoms with van der Waals surface area (Å²) in [6.45, 7) is 37.3. The van der Waals surface area contributed by atoms with Crippen molar-refractivity contribution >= 4 is 47.3 Å². The zero-order chi connectivity index (χ0) is 88.4. The molecule has 14 atom stereocenters. The third kappa shape index (κ3) is 42.5. The summed E-state index contributed by atoms with van der Waals surface area (Å²) in [6.07, 6.45) is -12.4. The molecule has 17 N–H and O–H groups in total. The maximum atomic E-state index is 14.4. The second kappa shape index (κ2) is 49.8. The van der Waals surface area contributed by atoms with Crippen LogP contribution < -0.4 is 42.5 Å². The number of hydrogen-bond acceptors (Lipinski definition) is 27. The molecule has 0 aromatic carbocycles. The first-order chi connectivity index (χ1) is 53.6. The summed E-state index contributed by atoms with van der Waals surface area (Å²) in [4.78, 5) is 105. The Labute approximate surface area is 688 Å². The molecular weight excluding hydrogens is 1520 g/mol. The average molecular weight is 1670 g/mol. The summed E-state index contributed by atoms with van der Waals surface area (Å²) in [6, 6.07) is -3.30. The Hall–Kier alpha value is -5.00. The maximum absolute atomic E-state index is 14.4. The van der Waals surface area contributed by atoms with Crippen LogP contribution in [0.5, 0.6) is 0 Å². The number of carbonyl (C=O) groups excluding carboxylic acids is 8. The predicted octanol–water partition coefficient (Wildman–Crippen LogP) is 1.02. The monoisotopic (exact) mass is 1670 g/mol. The fourth-order valence-electron chi connectivity index (χ4n) is 15.4. The van der Waals surface area contributed by atoms with Crippen molar-refractivity contribution in [2.45, 2.75) is 301 Å². The van der Waals surface area contributed by atoms with E-state index in [1.54, 1.807) is 0 Å². The van der Waals surface area contributed by atoms with E-state index in [9.17, 15) is 84.3 Å². The summed E-state index contributed by atoms with van der Waals surface area (Å²) in [7, 11) is 0. The van der Waals surface area contributed by atoms with Crippen LogP contribution in [0.1, 0.15) is 210 Å². The van der Waals surface area contributed by atoms with Crippen LogP contribution in [0.25, 0.3) is 0 Å². The molecule has 0 aromatic rings. The van der Waals surface area contributed by atoms with Crippen LogP contribution >= 0.6 is 0 Å². The van der Waals surface area contributed by atoms with E-state index in [4.69, 9.17) is 47.4 Å². The van der Waals surface area contributed by atoms with Gasteiger partial charge in [-0.2, -0.15) is 0 Å². The largest absolute Gasteiger partial charge is 0.394 e. The standard InChI is InChI=1S/C81H152N8O27/c1-22-107-44-77(14,15)36-73(6,7)40-82-59(98)24-23-25-63(102)89-81(48-108-29-26-60(99)83-41-74(8,9)37-78(16,17)45-111-70(55(32-90)86-52(3)95)114-56(33-91)51(2)94,49-109-30-27-61(100)84-42-75(10,11)38-79(18,19)46-112-71-64(87-53(4)96)68(105)66(103)57(34-92)115-71)50-110-31-28-62(101)85-43-76(12,13)39-80(20,21)47-113-72-65(88-54(5)97)69(106)67(104)58(35-93)116-72/h51,55-58,64-72,90-94,103-106H,22-50H2,1-21H3,(H,82,98)(H,83,99)(H,84,100)(H,85,101)(H,86,95)(H,87,96)(H,88,97)(H,89,102)/t51-,55+,56?,57?,58?,64?,65?,66?,67?,68?,69?,70?,71?,72?,81?/m1/s1. The number of rotatable bonds is 59. The van der Waals surface area contributed by atoms with Crippen molar-refractivity contribution in [2.75, 3.05) is 125 Å². The molecule has 2 heterocycles. The first-order valence-electron chi connectivity index (χ1n) is 40.8. The molecule has 0 bridgehead atoms. The van der Waals surface area contributed by atoms with E-state index in [1.165, 1.54) is 27.7 Å². The van der Waals surface area contributed by atoms with Crippen molar-refractivity contribution in [3.05, 3.63) is 0 Å². The highest BCUT2D eigenvalue weighted by molar-refractivity contribution is 5.80. The van der Waals surface area contributed by atoms with Gasteiger partial charge >= 0.3 is 0 Å². The fraction of sp³-hybridized carbons (Fsp3) is 0.901. The van der Waals surface area contributed by atoms with E-state index >= 15 is 0 Å².